The first-order chi connectivity index (χ1) is 2.80. The minimum absolute atomic E-state index is 0.814. The molecule has 1 N–H and O–H groups in total. The summed E-state index contributed by atoms with van der Waals surface area (Å²) in [5.41, 5.74) is 0. The van der Waals surface area contributed by atoms with Crippen molar-refractivity contribution in [1.82, 2.24) is 0 Å². The fourth-order valence-electron chi connectivity index (χ4n) is 0.379. The Morgan fingerprint density at radius 3 is 2.17 bits per heavy atom. The van der Waals surface area contributed by atoms with Crippen molar-refractivity contribution in [2.75, 3.05) is 4.93 Å². The quantitative estimate of drug-likeness (QED) is 0.498. The van der Waals surface area contributed by atoms with E-state index >= 15 is 0 Å². The maximum atomic E-state index is 8.85. The van der Waals surface area contributed by atoms with Crippen molar-refractivity contribution < 1.29 is 3.44 Å². The summed E-state index contributed by atoms with van der Waals surface area (Å²) >= 11 is -1.27. The molecule has 38 valence electrons. The van der Waals surface area contributed by atoms with Crippen LogP contribution in [0, 0.1) is 0 Å². The van der Waals surface area contributed by atoms with Gasteiger partial charge in [0, 0.05) is 0 Å². The summed E-state index contributed by atoms with van der Waals surface area (Å²) in [4.78, 5) is 2.02. The van der Waals surface area contributed by atoms with Crippen molar-refractivity contribution in [3.63, 3.8) is 0 Å². The van der Waals surface area contributed by atoms with Gasteiger partial charge in [0.15, 0.2) is 0 Å². The third-order valence-electron chi connectivity index (χ3n) is 0.954. The molecule has 0 radical (unpaired) electrons. The van der Waals surface area contributed by atoms with Crippen molar-refractivity contribution >= 4 is 20.2 Å². The second-order valence-corrected chi connectivity index (χ2v) is 6.19. The molecule has 0 aromatic rings. The van der Waals surface area contributed by atoms with Crippen molar-refractivity contribution in [3.8, 4) is 0 Å². The van der Waals surface area contributed by atoms with E-state index in [4.69, 9.17) is 3.44 Å². The Morgan fingerprint density at radius 1 is 1.67 bits per heavy atom. The molecule has 0 aliphatic heterocycles. The number of alkyl halides is 2. The van der Waals surface area contributed by atoms with Crippen LogP contribution < -0.4 is 0 Å². The molecule has 1 aliphatic rings. The van der Waals surface area contributed by atoms with Gasteiger partial charge in [-0.15, -0.1) is 0 Å². The zero-order valence-corrected chi connectivity index (χ0v) is 5.97. The van der Waals surface area contributed by atoms with E-state index in [0.717, 1.165) is 3.92 Å². The van der Waals surface area contributed by atoms with Crippen LogP contribution in [0.5, 0.6) is 0 Å². The van der Waals surface area contributed by atoms with E-state index < -0.39 is 20.2 Å². The van der Waals surface area contributed by atoms with Crippen LogP contribution in [0.15, 0.2) is 0 Å². The molecule has 0 atom stereocenters. The first-order valence-electron chi connectivity index (χ1n) is 2.08. The molecule has 0 spiro atoms. The fourth-order valence-corrected chi connectivity index (χ4v) is 2.54. The molecule has 2 heteroatoms. The van der Waals surface area contributed by atoms with E-state index in [-0.39, 0.29) is 0 Å². The fraction of sp³-hybridized carbons (Fsp3) is 1.00. The molecule has 0 unspecified atom stereocenters. The van der Waals surface area contributed by atoms with Crippen LogP contribution in [-0.4, -0.2) is 12.3 Å². The molecule has 1 aliphatic carbocycles. The molecular formula is C4H9IO. The SMILES string of the molecule is CI(O)C1CC1. The van der Waals surface area contributed by atoms with Crippen LogP contribution in [-0.2, 0) is 0 Å². The van der Waals surface area contributed by atoms with E-state index in [9.17, 15) is 0 Å². The molecule has 1 saturated carbocycles. The van der Waals surface area contributed by atoms with E-state index in [1.807, 2.05) is 4.93 Å². The predicted molar refractivity (Wildman–Crippen MR) is 35.2 cm³/mol. The molecule has 0 bridgehead atoms. The predicted octanol–water partition coefficient (Wildman–Crippen LogP) is 1.19. The van der Waals surface area contributed by atoms with Gasteiger partial charge in [-0.05, 0) is 0 Å². The van der Waals surface area contributed by atoms with E-state index in [1.165, 1.54) is 12.8 Å². The van der Waals surface area contributed by atoms with Gasteiger partial charge in [0.05, 0.1) is 0 Å². The third-order valence-corrected chi connectivity index (χ3v) is 4.75. The van der Waals surface area contributed by atoms with Gasteiger partial charge in [0.1, 0.15) is 0 Å². The zero-order chi connectivity index (χ0) is 4.57. The average Bonchev–Trinajstić information content (AvgIpc) is 2.06. The van der Waals surface area contributed by atoms with Gasteiger partial charge < -0.3 is 0 Å². The first-order valence-corrected chi connectivity index (χ1v) is 6.45. The molecule has 0 aromatic carbocycles. The standard InChI is InChI=1S/C4H9IO/c1-5(6)4-2-3-4/h4,6H,2-3H2,1H3. The molecule has 6 heavy (non-hydrogen) atoms. The van der Waals surface area contributed by atoms with Gasteiger partial charge in [0.2, 0.25) is 0 Å². The monoisotopic (exact) mass is 200 g/mol. The van der Waals surface area contributed by atoms with Crippen LogP contribution in [0.2, 0.25) is 0 Å². The summed E-state index contributed by atoms with van der Waals surface area (Å²) in [6.07, 6.45) is 2.63. The van der Waals surface area contributed by atoms with Gasteiger partial charge in [0.25, 0.3) is 0 Å². The third kappa shape index (κ3) is 1.08. The second-order valence-electron chi connectivity index (χ2n) is 1.66. The zero-order valence-electron chi connectivity index (χ0n) is 3.82. The minimum atomic E-state index is -1.27. The molecular weight excluding hydrogens is 191 g/mol. The number of hydrogen-bond donors (Lipinski definition) is 1. The van der Waals surface area contributed by atoms with Crippen LogP contribution >= 0.6 is 20.2 Å². The summed E-state index contributed by atoms with van der Waals surface area (Å²) < 4.78 is 9.66. The van der Waals surface area contributed by atoms with Crippen molar-refractivity contribution in [2.45, 2.75) is 16.8 Å². The molecule has 1 fully saturated rings. The van der Waals surface area contributed by atoms with Gasteiger partial charge in [-0.2, -0.15) is 0 Å². The Morgan fingerprint density at radius 2 is 2.17 bits per heavy atom. The van der Waals surface area contributed by atoms with Gasteiger partial charge in [-0.25, -0.2) is 0 Å². The van der Waals surface area contributed by atoms with Crippen LogP contribution in [0.4, 0.5) is 0 Å². The van der Waals surface area contributed by atoms with Crippen molar-refractivity contribution in [2.24, 2.45) is 0 Å². The summed E-state index contributed by atoms with van der Waals surface area (Å²) in [6.45, 7) is 0. The van der Waals surface area contributed by atoms with Crippen LogP contribution in [0.3, 0.4) is 0 Å². The molecule has 1 nitrogen and oxygen atoms in total. The molecule has 0 heterocycles. The summed E-state index contributed by atoms with van der Waals surface area (Å²) in [6, 6.07) is 0. The molecule has 0 aromatic heterocycles. The van der Waals surface area contributed by atoms with Crippen molar-refractivity contribution in [3.05, 3.63) is 0 Å². The van der Waals surface area contributed by atoms with E-state index in [1.54, 1.807) is 0 Å². The molecule has 1 rings (SSSR count). The number of rotatable bonds is 1. The Balaban J connectivity index is 2.13. The Hall–Kier alpha value is 0.690. The Bertz CT molecular complexity index is 49.5. The second kappa shape index (κ2) is 1.66. The summed E-state index contributed by atoms with van der Waals surface area (Å²) in [5.74, 6) is 0. The summed E-state index contributed by atoms with van der Waals surface area (Å²) in [7, 11) is 0. The van der Waals surface area contributed by atoms with E-state index in [0.29, 0.717) is 0 Å². The number of hydrogen-bond acceptors (Lipinski definition) is 1. The molecule has 0 amide bonds. The van der Waals surface area contributed by atoms with Crippen molar-refractivity contribution in [1.29, 1.82) is 0 Å². The maximum absolute atomic E-state index is 8.85. The van der Waals surface area contributed by atoms with Gasteiger partial charge >= 0.3 is 45.4 Å². The van der Waals surface area contributed by atoms with Crippen LogP contribution in [0.25, 0.3) is 0 Å². The average molecular weight is 200 g/mol. The number of halogens is 1. The van der Waals surface area contributed by atoms with Gasteiger partial charge in [-0.1, -0.05) is 0 Å². The van der Waals surface area contributed by atoms with Crippen LogP contribution in [0.1, 0.15) is 12.8 Å². The Kier molecular flexibility index (Phi) is 1.34. The topological polar surface area (TPSA) is 20.2 Å². The van der Waals surface area contributed by atoms with E-state index in [2.05, 4.69) is 0 Å². The first kappa shape index (κ1) is 4.84. The normalized spacial score (nSPS) is 24.0. The Labute approximate surface area is 45.7 Å². The van der Waals surface area contributed by atoms with Gasteiger partial charge in [-0.3, -0.25) is 0 Å². The summed E-state index contributed by atoms with van der Waals surface area (Å²) in [5, 5.41) is 0. The molecule has 0 saturated heterocycles.